The summed E-state index contributed by atoms with van der Waals surface area (Å²) in [6.45, 7) is 9.83. The minimum atomic E-state index is 0.149. The van der Waals surface area contributed by atoms with Gasteiger partial charge < -0.3 is 10.1 Å². The lowest BCUT2D eigenvalue weighted by Crippen LogP contribution is -2.36. The first-order valence-corrected chi connectivity index (χ1v) is 5.83. The number of hydrogen-bond acceptors (Lipinski definition) is 2. The summed E-state index contributed by atoms with van der Waals surface area (Å²) in [6.07, 6.45) is 0. The molecule has 0 aliphatic rings. The fraction of sp³-hybridized carbons (Fsp3) is 0.571. The summed E-state index contributed by atoms with van der Waals surface area (Å²) < 4.78 is 5.16. The smallest absolute Gasteiger partial charge is 0.118 e. The SMILES string of the molecule is COc1ccc(C(C)(C)CNC(C)C)cc1. The maximum atomic E-state index is 5.16. The van der Waals surface area contributed by atoms with Crippen LogP contribution in [0.5, 0.6) is 5.75 Å². The maximum absolute atomic E-state index is 5.16. The van der Waals surface area contributed by atoms with Gasteiger partial charge in [-0.1, -0.05) is 39.8 Å². The summed E-state index contributed by atoms with van der Waals surface area (Å²) in [6, 6.07) is 8.85. The molecule has 1 aromatic carbocycles. The summed E-state index contributed by atoms with van der Waals surface area (Å²) in [4.78, 5) is 0. The Morgan fingerprint density at radius 2 is 1.75 bits per heavy atom. The van der Waals surface area contributed by atoms with Crippen molar-refractivity contribution in [3.8, 4) is 5.75 Å². The highest BCUT2D eigenvalue weighted by molar-refractivity contribution is 5.31. The standard InChI is InChI=1S/C14H23NO/c1-11(2)15-10-14(3,4)12-6-8-13(16-5)9-7-12/h6-9,11,15H,10H2,1-5H3. The van der Waals surface area contributed by atoms with Gasteiger partial charge in [0.2, 0.25) is 0 Å². The van der Waals surface area contributed by atoms with Crippen molar-refractivity contribution in [1.29, 1.82) is 0 Å². The zero-order chi connectivity index (χ0) is 12.2. The zero-order valence-corrected chi connectivity index (χ0v) is 11.0. The first-order chi connectivity index (χ1) is 7.45. The summed E-state index contributed by atoms with van der Waals surface area (Å²) >= 11 is 0. The molecule has 0 spiro atoms. The Hall–Kier alpha value is -1.02. The first kappa shape index (κ1) is 13.0. The molecule has 0 aliphatic carbocycles. The number of rotatable bonds is 5. The molecule has 0 aromatic heterocycles. The van der Waals surface area contributed by atoms with Crippen molar-refractivity contribution >= 4 is 0 Å². The van der Waals surface area contributed by atoms with Gasteiger partial charge in [0, 0.05) is 18.0 Å². The maximum Gasteiger partial charge on any atom is 0.118 e. The van der Waals surface area contributed by atoms with Gasteiger partial charge in [-0.2, -0.15) is 0 Å². The molecule has 0 radical (unpaired) electrons. The molecule has 0 amide bonds. The molecule has 2 heteroatoms. The van der Waals surface area contributed by atoms with Crippen LogP contribution in [-0.4, -0.2) is 19.7 Å². The van der Waals surface area contributed by atoms with Crippen molar-refractivity contribution in [3.05, 3.63) is 29.8 Å². The van der Waals surface area contributed by atoms with Gasteiger partial charge in [0.1, 0.15) is 5.75 Å². The molecule has 1 rings (SSSR count). The Labute approximate surface area is 99.0 Å². The van der Waals surface area contributed by atoms with Gasteiger partial charge in [-0.05, 0) is 17.7 Å². The molecule has 0 saturated carbocycles. The van der Waals surface area contributed by atoms with E-state index >= 15 is 0 Å². The molecule has 0 saturated heterocycles. The van der Waals surface area contributed by atoms with Crippen molar-refractivity contribution in [3.63, 3.8) is 0 Å². The van der Waals surface area contributed by atoms with Crippen LogP contribution in [0, 0.1) is 0 Å². The number of ether oxygens (including phenoxy) is 1. The van der Waals surface area contributed by atoms with Crippen molar-refractivity contribution < 1.29 is 4.74 Å². The topological polar surface area (TPSA) is 21.3 Å². The molecule has 16 heavy (non-hydrogen) atoms. The predicted octanol–water partition coefficient (Wildman–Crippen LogP) is 2.97. The van der Waals surface area contributed by atoms with Crippen LogP contribution in [0.15, 0.2) is 24.3 Å². The van der Waals surface area contributed by atoms with E-state index < -0.39 is 0 Å². The second-order valence-electron chi connectivity index (χ2n) is 5.15. The van der Waals surface area contributed by atoms with Gasteiger partial charge >= 0.3 is 0 Å². The molecule has 0 atom stereocenters. The third-order valence-electron chi connectivity index (χ3n) is 2.82. The van der Waals surface area contributed by atoms with Crippen molar-refractivity contribution in [2.45, 2.75) is 39.2 Å². The van der Waals surface area contributed by atoms with Crippen LogP contribution < -0.4 is 10.1 Å². The average Bonchev–Trinajstić information content (AvgIpc) is 2.27. The van der Waals surface area contributed by atoms with Crippen molar-refractivity contribution in [2.75, 3.05) is 13.7 Å². The summed E-state index contributed by atoms with van der Waals surface area (Å²) in [5.41, 5.74) is 1.48. The van der Waals surface area contributed by atoms with Crippen LogP contribution in [0.1, 0.15) is 33.3 Å². The summed E-state index contributed by atoms with van der Waals surface area (Å²) in [5, 5.41) is 3.48. The Morgan fingerprint density at radius 1 is 1.19 bits per heavy atom. The van der Waals surface area contributed by atoms with Gasteiger partial charge in [-0.3, -0.25) is 0 Å². The lowest BCUT2D eigenvalue weighted by Gasteiger charge is -2.27. The van der Waals surface area contributed by atoms with Gasteiger partial charge in [0.25, 0.3) is 0 Å². The van der Waals surface area contributed by atoms with Crippen LogP contribution in [0.4, 0.5) is 0 Å². The predicted molar refractivity (Wildman–Crippen MR) is 69.2 cm³/mol. The molecule has 1 N–H and O–H groups in total. The van der Waals surface area contributed by atoms with Crippen LogP contribution in [-0.2, 0) is 5.41 Å². The summed E-state index contributed by atoms with van der Waals surface area (Å²) in [7, 11) is 1.69. The van der Waals surface area contributed by atoms with E-state index in [-0.39, 0.29) is 5.41 Å². The molecule has 0 fully saturated rings. The molecular weight excluding hydrogens is 198 g/mol. The zero-order valence-electron chi connectivity index (χ0n) is 11.0. The van der Waals surface area contributed by atoms with Gasteiger partial charge in [0.15, 0.2) is 0 Å². The van der Waals surface area contributed by atoms with Crippen molar-refractivity contribution in [2.24, 2.45) is 0 Å². The van der Waals surface area contributed by atoms with Crippen LogP contribution in [0.25, 0.3) is 0 Å². The molecule has 0 heterocycles. The van der Waals surface area contributed by atoms with Crippen molar-refractivity contribution in [1.82, 2.24) is 5.32 Å². The second-order valence-corrected chi connectivity index (χ2v) is 5.15. The van der Waals surface area contributed by atoms with Crippen LogP contribution >= 0.6 is 0 Å². The minimum absolute atomic E-state index is 0.149. The number of hydrogen-bond donors (Lipinski definition) is 1. The number of benzene rings is 1. The lowest BCUT2D eigenvalue weighted by molar-refractivity contribution is 0.412. The number of nitrogens with one attached hydrogen (secondary N) is 1. The Kier molecular flexibility index (Phi) is 4.36. The quantitative estimate of drug-likeness (QED) is 0.825. The molecule has 2 nitrogen and oxygen atoms in total. The van der Waals surface area contributed by atoms with E-state index in [2.05, 4.69) is 45.1 Å². The minimum Gasteiger partial charge on any atom is -0.497 e. The average molecular weight is 221 g/mol. The molecule has 0 bridgehead atoms. The van der Waals surface area contributed by atoms with Crippen LogP contribution in [0.3, 0.4) is 0 Å². The monoisotopic (exact) mass is 221 g/mol. The first-order valence-electron chi connectivity index (χ1n) is 5.83. The third kappa shape index (κ3) is 3.53. The molecular formula is C14H23NO. The fourth-order valence-corrected chi connectivity index (χ4v) is 1.60. The number of methoxy groups -OCH3 is 1. The van der Waals surface area contributed by atoms with E-state index in [1.807, 2.05) is 12.1 Å². The van der Waals surface area contributed by atoms with Gasteiger partial charge in [-0.15, -0.1) is 0 Å². The van der Waals surface area contributed by atoms with E-state index in [4.69, 9.17) is 4.74 Å². The highest BCUT2D eigenvalue weighted by Crippen LogP contribution is 2.24. The second kappa shape index (κ2) is 5.35. The molecule has 0 aliphatic heterocycles. The molecule has 0 unspecified atom stereocenters. The molecule has 90 valence electrons. The van der Waals surface area contributed by atoms with E-state index in [9.17, 15) is 0 Å². The fourth-order valence-electron chi connectivity index (χ4n) is 1.60. The highest BCUT2D eigenvalue weighted by Gasteiger charge is 2.20. The van der Waals surface area contributed by atoms with Gasteiger partial charge in [0.05, 0.1) is 7.11 Å². The summed E-state index contributed by atoms with van der Waals surface area (Å²) in [5.74, 6) is 0.913. The third-order valence-corrected chi connectivity index (χ3v) is 2.82. The van der Waals surface area contributed by atoms with E-state index in [0.29, 0.717) is 6.04 Å². The van der Waals surface area contributed by atoms with E-state index in [1.165, 1.54) is 5.56 Å². The molecule has 1 aromatic rings. The van der Waals surface area contributed by atoms with Crippen LogP contribution in [0.2, 0.25) is 0 Å². The van der Waals surface area contributed by atoms with E-state index in [1.54, 1.807) is 7.11 Å². The highest BCUT2D eigenvalue weighted by atomic mass is 16.5. The normalized spacial score (nSPS) is 11.9. The Bertz CT molecular complexity index is 314. The lowest BCUT2D eigenvalue weighted by atomic mass is 9.84. The Morgan fingerprint density at radius 3 is 2.19 bits per heavy atom. The Balaban J connectivity index is 2.72. The van der Waals surface area contributed by atoms with E-state index in [0.717, 1.165) is 12.3 Å². The van der Waals surface area contributed by atoms with Gasteiger partial charge in [-0.25, -0.2) is 0 Å². The largest absolute Gasteiger partial charge is 0.497 e.